The number of piperidine rings is 1. The summed E-state index contributed by atoms with van der Waals surface area (Å²) in [5.41, 5.74) is -0.274. The molecule has 18 heavy (non-hydrogen) atoms. The second-order valence-electron chi connectivity index (χ2n) is 6.13. The van der Waals surface area contributed by atoms with E-state index in [0.29, 0.717) is 24.3 Å². The Balaban J connectivity index is 2.08. The molecular formula is C14H26N2O2. The van der Waals surface area contributed by atoms with Gasteiger partial charge in [0.2, 0.25) is 5.91 Å². The van der Waals surface area contributed by atoms with Crippen molar-refractivity contribution in [1.29, 1.82) is 0 Å². The molecule has 0 aromatic rings. The van der Waals surface area contributed by atoms with Crippen LogP contribution in [0.15, 0.2) is 0 Å². The van der Waals surface area contributed by atoms with Crippen molar-refractivity contribution in [3.63, 3.8) is 0 Å². The van der Waals surface area contributed by atoms with Crippen LogP contribution in [0.3, 0.4) is 0 Å². The predicted molar refractivity (Wildman–Crippen MR) is 71.3 cm³/mol. The lowest BCUT2D eigenvalue weighted by Crippen LogP contribution is -2.51. The first-order chi connectivity index (χ1) is 8.59. The van der Waals surface area contributed by atoms with Gasteiger partial charge in [-0.15, -0.1) is 0 Å². The minimum atomic E-state index is -0.274. The highest BCUT2D eigenvalue weighted by Crippen LogP contribution is 2.34. The van der Waals surface area contributed by atoms with Crippen molar-refractivity contribution in [3.05, 3.63) is 0 Å². The number of hydrogen-bond donors (Lipinski definition) is 1. The number of nitrogens with one attached hydrogen (secondary N) is 1. The summed E-state index contributed by atoms with van der Waals surface area (Å²) in [7, 11) is 1.70. The molecule has 4 heteroatoms. The molecule has 1 N–H and O–H groups in total. The van der Waals surface area contributed by atoms with Crippen molar-refractivity contribution in [2.45, 2.75) is 26.7 Å². The Kier molecular flexibility index (Phi) is 4.28. The van der Waals surface area contributed by atoms with Crippen LogP contribution in [0.2, 0.25) is 0 Å². The lowest BCUT2D eigenvalue weighted by molar-refractivity contribution is -0.146. The van der Waals surface area contributed by atoms with Gasteiger partial charge >= 0.3 is 0 Å². The Morgan fingerprint density at radius 3 is 2.33 bits per heavy atom. The minimum absolute atomic E-state index is 0.274. The van der Waals surface area contributed by atoms with Crippen LogP contribution in [0, 0.1) is 17.3 Å². The number of rotatable bonds is 3. The molecule has 2 unspecified atom stereocenters. The maximum atomic E-state index is 12.8. The van der Waals surface area contributed by atoms with Gasteiger partial charge in [0.15, 0.2) is 0 Å². The molecule has 2 rings (SSSR count). The minimum Gasteiger partial charge on any atom is -0.384 e. The number of methoxy groups -OCH3 is 1. The Labute approximate surface area is 110 Å². The van der Waals surface area contributed by atoms with Gasteiger partial charge in [-0.2, -0.15) is 0 Å². The van der Waals surface area contributed by atoms with Crippen molar-refractivity contribution in [2.75, 3.05) is 39.9 Å². The van der Waals surface area contributed by atoms with Gasteiger partial charge in [0, 0.05) is 20.2 Å². The standard InChI is InChI=1S/C14H26N2O2/c1-11-8-16(9-12(11)2)13(17)14(10-18-3)4-6-15-7-5-14/h11-12,15H,4-10H2,1-3H3. The summed E-state index contributed by atoms with van der Waals surface area (Å²) in [6.07, 6.45) is 1.80. The van der Waals surface area contributed by atoms with Gasteiger partial charge < -0.3 is 15.0 Å². The van der Waals surface area contributed by atoms with E-state index in [0.717, 1.165) is 39.0 Å². The maximum Gasteiger partial charge on any atom is 0.231 e. The van der Waals surface area contributed by atoms with E-state index in [2.05, 4.69) is 24.1 Å². The second kappa shape index (κ2) is 5.57. The van der Waals surface area contributed by atoms with E-state index in [-0.39, 0.29) is 5.41 Å². The summed E-state index contributed by atoms with van der Waals surface area (Å²) in [4.78, 5) is 14.9. The Hall–Kier alpha value is -0.610. The zero-order valence-electron chi connectivity index (χ0n) is 11.9. The summed E-state index contributed by atoms with van der Waals surface area (Å²) in [5, 5.41) is 3.33. The summed E-state index contributed by atoms with van der Waals surface area (Å²) < 4.78 is 5.34. The normalized spacial score (nSPS) is 31.6. The largest absolute Gasteiger partial charge is 0.384 e. The molecule has 2 saturated heterocycles. The fourth-order valence-electron chi connectivity index (χ4n) is 3.23. The molecule has 2 aliphatic rings. The predicted octanol–water partition coefficient (Wildman–Crippen LogP) is 1.12. The van der Waals surface area contributed by atoms with Crippen LogP contribution < -0.4 is 5.32 Å². The third-order valence-corrected chi connectivity index (χ3v) is 4.71. The lowest BCUT2D eigenvalue weighted by atomic mass is 9.78. The molecule has 0 aromatic heterocycles. The number of ether oxygens (including phenoxy) is 1. The van der Waals surface area contributed by atoms with Crippen molar-refractivity contribution >= 4 is 5.91 Å². The molecule has 0 radical (unpaired) electrons. The van der Waals surface area contributed by atoms with Gasteiger partial charge in [-0.1, -0.05) is 13.8 Å². The molecule has 104 valence electrons. The molecule has 4 nitrogen and oxygen atoms in total. The van der Waals surface area contributed by atoms with Crippen LogP contribution in [-0.2, 0) is 9.53 Å². The Morgan fingerprint density at radius 2 is 1.83 bits per heavy atom. The number of hydrogen-bond acceptors (Lipinski definition) is 3. The van der Waals surface area contributed by atoms with Crippen molar-refractivity contribution in [1.82, 2.24) is 10.2 Å². The summed E-state index contributed by atoms with van der Waals surface area (Å²) in [5.74, 6) is 1.56. The summed E-state index contributed by atoms with van der Waals surface area (Å²) in [6.45, 7) is 8.72. The number of amides is 1. The Bertz CT molecular complexity index is 285. The van der Waals surface area contributed by atoms with Crippen LogP contribution in [0.1, 0.15) is 26.7 Å². The van der Waals surface area contributed by atoms with E-state index in [1.807, 2.05) is 0 Å². The first kappa shape index (κ1) is 13.8. The maximum absolute atomic E-state index is 12.8. The van der Waals surface area contributed by atoms with Gasteiger partial charge in [-0.25, -0.2) is 0 Å². The Morgan fingerprint density at radius 1 is 1.28 bits per heavy atom. The molecule has 2 fully saturated rings. The smallest absolute Gasteiger partial charge is 0.231 e. The zero-order valence-corrected chi connectivity index (χ0v) is 11.9. The van der Waals surface area contributed by atoms with E-state index in [1.54, 1.807) is 7.11 Å². The number of carbonyl (C=O) groups is 1. The van der Waals surface area contributed by atoms with Gasteiger partial charge in [0.25, 0.3) is 0 Å². The third-order valence-electron chi connectivity index (χ3n) is 4.71. The quantitative estimate of drug-likeness (QED) is 0.820. The van der Waals surface area contributed by atoms with Crippen LogP contribution >= 0.6 is 0 Å². The summed E-state index contributed by atoms with van der Waals surface area (Å²) >= 11 is 0. The molecule has 0 aromatic carbocycles. The SMILES string of the molecule is COCC1(C(=O)N2CC(C)C(C)C2)CCNCC1. The second-order valence-corrected chi connectivity index (χ2v) is 6.13. The molecule has 0 saturated carbocycles. The molecule has 2 heterocycles. The molecule has 2 atom stereocenters. The first-order valence-corrected chi connectivity index (χ1v) is 7.08. The van der Waals surface area contributed by atoms with Crippen molar-refractivity contribution in [2.24, 2.45) is 17.3 Å². The van der Waals surface area contributed by atoms with E-state index in [4.69, 9.17) is 4.74 Å². The average molecular weight is 254 g/mol. The fourth-order valence-corrected chi connectivity index (χ4v) is 3.23. The van der Waals surface area contributed by atoms with Gasteiger partial charge in [-0.05, 0) is 37.8 Å². The number of carbonyl (C=O) groups excluding carboxylic acids is 1. The zero-order chi connectivity index (χ0) is 13.2. The van der Waals surface area contributed by atoms with E-state index < -0.39 is 0 Å². The molecule has 0 aliphatic carbocycles. The van der Waals surface area contributed by atoms with E-state index in [9.17, 15) is 4.79 Å². The summed E-state index contributed by atoms with van der Waals surface area (Å²) in [6, 6.07) is 0. The highest BCUT2D eigenvalue weighted by atomic mass is 16.5. The van der Waals surface area contributed by atoms with Crippen LogP contribution in [0.5, 0.6) is 0 Å². The van der Waals surface area contributed by atoms with Gasteiger partial charge in [0.05, 0.1) is 12.0 Å². The van der Waals surface area contributed by atoms with Crippen LogP contribution in [0.25, 0.3) is 0 Å². The molecule has 2 aliphatic heterocycles. The molecule has 0 spiro atoms. The molecular weight excluding hydrogens is 228 g/mol. The van der Waals surface area contributed by atoms with Crippen LogP contribution in [0.4, 0.5) is 0 Å². The van der Waals surface area contributed by atoms with Crippen molar-refractivity contribution < 1.29 is 9.53 Å². The molecule has 1 amide bonds. The van der Waals surface area contributed by atoms with Crippen molar-refractivity contribution in [3.8, 4) is 0 Å². The topological polar surface area (TPSA) is 41.6 Å². The highest BCUT2D eigenvalue weighted by molar-refractivity contribution is 5.83. The first-order valence-electron chi connectivity index (χ1n) is 7.08. The van der Waals surface area contributed by atoms with Crippen LogP contribution in [-0.4, -0.2) is 50.7 Å². The fraction of sp³-hybridized carbons (Fsp3) is 0.929. The van der Waals surface area contributed by atoms with Gasteiger partial charge in [-0.3, -0.25) is 4.79 Å². The van der Waals surface area contributed by atoms with Gasteiger partial charge in [0.1, 0.15) is 0 Å². The van der Waals surface area contributed by atoms with E-state index >= 15 is 0 Å². The third kappa shape index (κ3) is 2.54. The van der Waals surface area contributed by atoms with E-state index in [1.165, 1.54) is 0 Å². The number of likely N-dealkylation sites (tertiary alicyclic amines) is 1. The monoisotopic (exact) mass is 254 g/mol. The average Bonchev–Trinajstić information content (AvgIpc) is 2.70. The molecule has 0 bridgehead atoms. The number of nitrogens with zero attached hydrogens (tertiary/aromatic N) is 1. The highest BCUT2D eigenvalue weighted by Gasteiger charge is 2.44. The lowest BCUT2D eigenvalue weighted by Gasteiger charge is -2.38.